The molecule has 0 aliphatic carbocycles. The number of ketones is 1. The number of hydrogen-bond donors (Lipinski definition) is 3. The van der Waals surface area contributed by atoms with Crippen LogP contribution in [0.5, 0.6) is 5.75 Å². The van der Waals surface area contributed by atoms with Crippen LogP contribution in [0.1, 0.15) is 32.4 Å². The molecule has 3 aromatic carbocycles. The summed E-state index contributed by atoms with van der Waals surface area (Å²) in [5.41, 5.74) is 2.19. The van der Waals surface area contributed by atoms with Crippen LogP contribution in [0.2, 0.25) is 0 Å². The number of nitrogens with one attached hydrogen (secondary N) is 1. The molecule has 33 heavy (non-hydrogen) atoms. The van der Waals surface area contributed by atoms with Crippen LogP contribution in [0.25, 0.3) is 0 Å². The Morgan fingerprint density at radius 2 is 1.42 bits per heavy atom. The van der Waals surface area contributed by atoms with Gasteiger partial charge in [-0.3, -0.25) is 14.5 Å². The van der Waals surface area contributed by atoms with Crippen molar-refractivity contribution in [1.82, 2.24) is 0 Å². The lowest BCUT2D eigenvalue weighted by atomic mass is 9.82. The monoisotopic (exact) mass is 442 g/mol. The number of aliphatic hydroxyl groups excluding tert-OH is 1. The second-order valence-corrected chi connectivity index (χ2v) is 9.05. The number of nitrogens with zero attached hydrogens (tertiary/aromatic N) is 1. The lowest BCUT2D eigenvalue weighted by Gasteiger charge is -2.29. The van der Waals surface area contributed by atoms with Gasteiger partial charge in [-0.05, 0) is 54.1 Å². The van der Waals surface area contributed by atoms with Crippen LogP contribution < -0.4 is 10.2 Å². The van der Waals surface area contributed by atoms with E-state index in [2.05, 4.69) is 5.32 Å². The third kappa shape index (κ3) is 4.32. The zero-order valence-electron chi connectivity index (χ0n) is 18.7. The van der Waals surface area contributed by atoms with Crippen LogP contribution in [-0.4, -0.2) is 21.9 Å². The van der Waals surface area contributed by atoms with Crippen molar-refractivity contribution < 1.29 is 19.8 Å². The quantitative estimate of drug-likeness (QED) is 0.475. The van der Waals surface area contributed by atoms with Crippen LogP contribution in [0.4, 0.5) is 17.1 Å². The van der Waals surface area contributed by atoms with E-state index in [9.17, 15) is 19.8 Å². The molecular weight excluding hydrogens is 416 g/mol. The standard InChI is InChI=1S/C27H26N2O4/c1-27(2,3)25(32)22-23(17-9-15-21(30)16-10-17)29(26(33)24(22)31)20-13-11-19(12-14-20)28-18-7-5-4-6-8-18/h4-16,23,28,30-31H,1-3H3. The second-order valence-electron chi connectivity index (χ2n) is 9.05. The normalized spacial score (nSPS) is 16.3. The highest BCUT2D eigenvalue weighted by Gasteiger charge is 2.46. The van der Waals surface area contributed by atoms with Gasteiger partial charge < -0.3 is 15.5 Å². The fourth-order valence-corrected chi connectivity index (χ4v) is 3.87. The smallest absolute Gasteiger partial charge is 0.294 e. The largest absolute Gasteiger partial charge is 0.508 e. The number of hydrogen-bond acceptors (Lipinski definition) is 5. The van der Waals surface area contributed by atoms with Gasteiger partial charge in [-0.25, -0.2) is 0 Å². The summed E-state index contributed by atoms with van der Waals surface area (Å²) >= 11 is 0. The van der Waals surface area contributed by atoms with Gasteiger partial charge in [-0.1, -0.05) is 51.1 Å². The molecule has 0 fully saturated rings. The molecule has 0 saturated carbocycles. The van der Waals surface area contributed by atoms with Gasteiger partial charge in [0.05, 0.1) is 11.6 Å². The highest BCUT2D eigenvalue weighted by molar-refractivity contribution is 6.17. The first kappa shape index (κ1) is 22.1. The van der Waals surface area contributed by atoms with E-state index in [4.69, 9.17) is 0 Å². The van der Waals surface area contributed by atoms with Crippen molar-refractivity contribution in [2.45, 2.75) is 26.8 Å². The van der Waals surface area contributed by atoms with Crippen molar-refractivity contribution in [3.63, 3.8) is 0 Å². The summed E-state index contributed by atoms with van der Waals surface area (Å²) < 4.78 is 0. The van der Waals surface area contributed by atoms with Gasteiger partial charge in [0.2, 0.25) is 0 Å². The summed E-state index contributed by atoms with van der Waals surface area (Å²) in [4.78, 5) is 27.9. The highest BCUT2D eigenvalue weighted by atomic mass is 16.3. The Morgan fingerprint density at radius 3 is 2.00 bits per heavy atom. The van der Waals surface area contributed by atoms with Gasteiger partial charge in [0, 0.05) is 22.5 Å². The Balaban J connectivity index is 1.74. The van der Waals surface area contributed by atoms with Crippen LogP contribution >= 0.6 is 0 Å². The van der Waals surface area contributed by atoms with Crippen molar-refractivity contribution in [2.75, 3.05) is 10.2 Å². The number of aliphatic hydroxyl groups is 1. The SMILES string of the molecule is CC(C)(C)C(=O)C1=C(O)C(=O)N(c2ccc(Nc3ccccc3)cc2)C1c1ccc(O)cc1. The Hall–Kier alpha value is -4.06. The molecule has 168 valence electrons. The topological polar surface area (TPSA) is 89.9 Å². The molecule has 1 heterocycles. The summed E-state index contributed by atoms with van der Waals surface area (Å²) in [6.45, 7) is 5.25. The van der Waals surface area contributed by atoms with E-state index in [0.29, 0.717) is 11.3 Å². The molecule has 1 aliphatic rings. The first-order chi connectivity index (χ1) is 15.7. The van der Waals surface area contributed by atoms with E-state index in [-0.39, 0.29) is 17.1 Å². The number of phenolic OH excluding ortho intramolecular Hbond substituents is 1. The number of rotatable bonds is 5. The van der Waals surface area contributed by atoms with E-state index in [1.54, 1.807) is 45.0 Å². The number of Topliss-reactive ketones (excluding diaryl/α,β-unsaturated/α-hetero) is 1. The first-order valence-corrected chi connectivity index (χ1v) is 10.7. The summed E-state index contributed by atoms with van der Waals surface area (Å²) in [7, 11) is 0. The second kappa shape index (κ2) is 8.47. The molecule has 1 aliphatic heterocycles. The van der Waals surface area contributed by atoms with Crippen molar-refractivity contribution in [2.24, 2.45) is 5.41 Å². The summed E-state index contributed by atoms with van der Waals surface area (Å²) in [5.74, 6) is -1.41. The van der Waals surface area contributed by atoms with Crippen LogP contribution in [0, 0.1) is 5.41 Å². The molecule has 0 spiro atoms. The Morgan fingerprint density at radius 1 is 0.848 bits per heavy atom. The van der Waals surface area contributed by atoms with Gasteiger partial charge in [0.15, 0.2) is 11.5 Å². The van der Waals surface area contributed by atoms with Gasteiger partial charge in [-0.15, -0.1) is 0 Å². The minimum Gasteiger partial charge on any atom is -0.508 e. The predicted octanol–water partition coefficient (Wildman–Crippen LogP) is 5.65. The number of aromatic hydroxyl groups is 1. The van der Waals surface area contributed by atoms with Crippen molar-refractivity contribution in [1.29, 1.82) is 0 Å². The molecule has 3 N–H and O–H groups in total. The van der Waals surface area contributed by atoms with Gasteiger partial charge in [0.1, 0.15) is 5.75 Å². The average molecular weight is 443 g/mol. The van der Waals surface area contributed by atoms with E-state index in [0.717, 1.165) is 11.4 Å². The predicted molar refractivity (Wildman–Crippen MR) is 129 cm³/mol. The third-order valence-corrected chi connectivity index (χ3v) is 5.55. The van der Waals surface area contributed by atoms with Crippen LogP contribution in [0.3, 0.4) is 0 Å². The molecule has 0 bridgehead atoms. The number of anilines is 3. The van der Waals surface area contributed by atoms with Crippen molar-refractivity contribution in [3.8, 4) is 5.75 Å². The number of para-hydroxylation sites is 1. The zero-order valence-corrected chi connectivity index (χ0v) is 18.7. The minimum atomic E-state index is -0.808. The fraction of sp³-hybridized carbons (Fsp3) is 0.185. The number of phenols is 1. The highest BCUT2D eigenvalue weighted by Crippen LogP contribution is 2.43. The maximum absolute atomic E-state index is 13.3. The Labute approximate surface area is 192 Å². The number of amides is 1. The Bertz CT molecular complexity index is 1210. The van der Waals surface area contributed by atoms with Gasteiger partial charge in [-0.2, -0.15) is 0 Å². The van der Waals surface area contributed by atoms with E-state index in [1.165, 1.54) is 17.0 Å². The van der Waals surface area contributed by atoms with Crippen molar-refractivity contribution >= 4 is 28.8 Å². The van der Waals surface area contributed by atoms with E-state index in [1.807, 2.05) is 42.5 Å². The van der Waals surface area contributed by atoms with Gasteiger partial charge in [0.25, 0.3) is 5.91 Å². The molecule has 6 heteroatoms. The maximum atomic E-state index is 13.3. The Kier molecular flexibility index (Phi) is 5.68. The van der Waals surface area contributed by atoms with E-state index >= 15 is 0 Å². The lowest BCUT2D eigenvalue weighted by Crippen LogP contribution is -2.32. The number of carbonyl (C=O) groups is 2. The maximum Gasteiger partial charge on any atom is 0.294 e. The average Bonchev–Trinajstić information content (AvgIpc) is 3.05. The molecule has 3 aromatic rings. The van der Waals surface area contributed by atoms with Crippen LogP contribution in [0.15, 0.2) is 90.2 Å². The molecule has 1 unspecified atom stereocenters. The molecular formula is C27H26N2O4. The third-order valence-electron chi connectivity index (χ3n) is 5.55. The van der Waals surface area contributed by atoms with E-state index < -0.39 is 23.1 Å². The molecule has 1 atom stereocenters. The summed E-state index contributed by atoms with van der Waals surface area (Å²) in [6.07, 6.45) is 0. The molecule has 1 amide bonds. The fourth-order valence-electron chi connectivity index (χ4n) is 3.87. The first-order valence-electron chi connectivity index (χ1n) is 10.7. The molecule has 6 nitrogen and oxygen atoms in total. The molecule has 0 aromatic heterocycles. The molecule has 4 rings (SSSR count). The number of carbonyl (C=O) groups excluding carboxylic acids is 2. The number of benzene rings is 3. The van der Waals surface area contributed by atoms with Crippen LogP contribution in [-0.2, 0) is 9.59 Å². The molecule has 0 saturated heterocycles. The molecule has 0 radical (unpaired) electrons. The summed E-state index contributed by atoms with van der Waals surface area (Å²) in [5, 5.41) is 23.8. The van der Waals surface area contributed by atoms with Gasteiger partial charge >= 0.3 is 0 Å². The zero-order chi connectivity index (χ0) is 23.8. The lowest BCUT2D eigenvalue weighted by molar-refractivity contribution is -0.123. The summed E-state index contributed by atoms with van der Waals surface area (Å²) in [6, 6.07) is 22.4. The minimum absolute atomic E-state index is 0.0599. The van der Waals surface area contributed by atoms with Crippen molar-refractivity contribution in [3.05, 3.63) is 95.8 Å².